The smallest absolute Gasteiger partial charge is 0.244 e. The summed E-state index contributed by atoms with van der Waals surface area (Å²) in [4.78, 5) is 17.7. The van der Waals surface area contributed by atoms with Gasteiger partial charge in [0, 0.05) is 11.6 Å². The van der Waals surface area contributed by atoms with Crippen molar-refractivity contribution in [2.24, 2.45) is 0 Å². The lowest BCUT2D eigenvalue weighted by Crippen LogP contribution is -2.24. The van der Waals surface area contributed by atoms with Crippen LogP contribution in [0.3, 0.4) is 0 Å². The highest BCUT2D eigenvalue weighted by molar-refractivity contribution is 7.15. The number of thiazole rings is 1. The molecule has 4 nitrogen and oxygen atoms in total. The highest BCUT2D eigenvalue weighted by Crippen LogP contribution is 2.31. The van der Waals surface area contributed by atoms with Crippen molar-refractivity contribution in [2.75, 3.05) is 0 Å². The van der Waals surface area contributed by atoms with Gasteiger partial charge in [-0.2, -0.15) is 0 Å². The van der Waals surface area contributed by atoms with E-state index in [1.54, 1.807) is 35.8 Å². The van der Waals surface area contributed by atoms with Gasteiger partial charge in [-0.1, -0.05) is 30.3 Å². The van der Waals surface area contributed by atoms with Gasteiger partial charge in [0.1, 0.15) is 10.8 Å². The fourth-order valence-corrected chi connectivity index (χ4v) is 3.46. The summed E-state index contributed by atoms with van der Waals surface area (Å²) in [5.41, 5.74) is 2.04. The summed E-state index contributed by atoms with van der Waals surface area (Å²) >= 11 is 1.61. The first-order valence-corrected chi connectivity index (χ1v) is 8.50. The highest BCUT2D eigenvalue weighted by Gasteiger charge is 2.16. The van der Waals surface area contributed by atoms with Crippen molar-refractivity contribution >= 4 is 23.3 Å². The highest BCUT2D eigenvalue weighted by atomic mass is 32.1. The van der Waals surface area contributed by atoms with E-state index < -0.39 is 0 Å². The molecule has 1 amide bonds. The minimum atomic E-state index is -0.159. The van der Waals surface area contributed by atoms with E-state index in [1.165, 1.54) is 6.08 Å². The first kappa shape index (κ1) is 16.2. The topological polar surface area (TPSA) is 55.1 Å². The lowest BCUT2D eigenvalue weighted by molar-refractivity contribution is -0.117. The van der Waals surface area contributed by atoms with Gasteiger partial charge in [-0.05, 0) is 32.1 Å². The summed E-state index contributed by atoms with van der Waals surface area (Å²) in [5, 5.41) is 3.94. The molecule has 0 saturated heterocycles. The Morgan fingerprint density at radius 1 is 1.25 bits per heavy atom. The zero-order valence-electron chi connectivity index (χ0n) is 13.5. The molecule has 3 aromatic rings. The van der Waals surface area contributed by atoms with E-state index in [4.69, 9.17) is 4.42 Å². The van der Waals surface area contributed by atoms with Crippen molar-refractivity contribution < 1.29 is 9.21 Å². The van der Waals surface area contributed by atoms with E-state index in [2.05, 4.69) is 10.3 Å². The fraction of sp³-hybridized carbons (Fsp3) is 0.158. The molecule has 0 radical (unpaired) electrons. The van der Waals surface area contributed by atoms with E-state index in [1.807, 2.05) is 44.2 Å². The van der Waals surface area contributed by atoms with E-state index in [0.717, 1.165) is 21.1 Å². The molecule has 0 spiro atoms. The van der Waals surface area contributed by atoms with Crippen LogP contribution in [0.1, 0.15) is 29.3 Å². The van der Waals surface area contributed by atoms with Crippen molar-refractivity contribution in [3.05, 3.63) is 71.1 Å². The van der Waals surface area contributed by atoms with Crippen LogP contribution in [0.5, 0.6) is 0 Å². The Labute approximate surface area is 144 Å². The predicted molar refractivity (Wildman–Crippen MR) is 96.6 cm³/mol. The van der Waals surface area contributed by atoms with Gasteiger partial charge < -0.3 is 9.73 Å². The Morgan fingerprint density at radius 2 is 2.04 bits per heavy atom. The van der Waals surface area contributed by atoms with Crippen molar-refractivity contribution in [3.8, 4) is 10.6 Å². The lowest BCUT2D eigenvalue weighted by Gasteiger charge is -2.10. The van der Waals surface area contributed by atoms with E-state index in [0.29, 0.717) is 5.76 Å². The van der Waals surface area contributed by atoms with Gasteiger partial charge in [-0.3, -0.25) is 4.79 Å². The maximum absolute atomic E-state index is 12.1. The number of hydrogen-bond acceptors (Lipinski definition) is 4. The van der Waals surface area contributed by atoms with Gasteiger partial charge in [0.05, 0.1) is 22.9 Å². The van der Waals surface area contributed by atoms with Crippen LogP contribution < -0.4 is 5.32 Å². The third-order valence-electron chi connectivity index (χ3n) is 3.55. The molecule has 24 heavy (non-hydrogen) atoms. The van der Waals surface area contributed by atoms with Gasteiger partial charge in [0.15, 0.2) is 0 Å². The summed E-state index contributed by atoms with van der Waals surface area (Å²) in [7, 11) is 0. The number of nitrogens with one attached hydrogen (secondary N) is 1. The summed E-state index contributed by atoms with van der Waals surface area (Å²) in [6, 6.07) is 13.5. The lowest BCUT2D eigenvalue weighted by atomic mass is 10.2. The number of furan rings is 1. The first-order valence-electron chi connectivity index (χ1n) is 7.68. The number of carbonyl (C=O) groups excluding carboxylic acids is 1. The molecule has 5 heteroatoms. The van der Waals surface area contributed by atoms with Crippen LogP contribution in [-0.2, 0) is 4.79 Å². The van der Waals surface area contributed by atoms with Crippen molar-refractivity contribution in [1.29, 1.82) is 0 Å². The Kier molecular flexibility index (Phi) is 4.91. The molecule has 0 aliphatic heterocycles. The molecule has 3 rings (SSSR count). The number of aromatic nitrogens is 1. The number of amides is 1. The molecule has 0 bridgehead atoms. The summed E-state index contributed by atoms with van der Waals surface area (Å²) < 4.78 is 5.17. The normalized spacial score (nSPS) is 12.4. The second-order valence-corrected chi connectivity index (χ2v) is 6.44. The third kappa shape index (κ3) is 3.81. The Morgan fingerprint density at radius 3 is 2.75 bits per heavy atom. The maximum Gasteiger partial charge on any atom is 0.244 e. The second-order valence-electron chi connectivity index (χ2n) is 5.41. The monoisotopic (exact) mass is 338 g/mol. The minimum Gasteiger partial charge on any atom is -0.465 e. The van der Waals surface area contributed by atoms with E-state index >= 15 is 0 Å². The molecule has 1 aromatic carbocycles. The van der Waals surface area contributed by atoms with Gasteiger partial charge in [-0.15, -0.1) is 11.3 Å². The predicted octanol–water partition coefficient (Wildman–Crippen LogP) is 4.60. The van der Waals surface area contributed by atoms with Crippen LogP contribution in [0, 0.1) is 6.92 Å². The molecule has 1 atom stereocenters. The largest absolute Gasteiger partial charge is 0.465 e. The average molecular weight is 338 g/mol. The van der Waals surface area contributed by atoms with Crippen molar-refractivity contribution in [3.63, 3.8) is 0 Å². The molecule has 2 heterocycles. The van der Waals surface area contributed by atoms with Crippen LogP contribution in [0.25, 0.3) is 16.6 Å². The summed E-state index contributed by atoms with van der Waals surface area (Å²) in [6.45, 7) is 3.94. The van der Waals surface area contributed by atoms with E-state index in [9.17, 15) is 4.79 Å². The standard InChI is InChI=1S/C19H18N2O2S/c1-13(20-17(22)11-10-16-9-6-12-23-16)18-14(2)21-19(24-18)15-7-4-3-5-8-15/h3-13H,1-2H3,(H,20,22)/b11-10+/t13-/m1/s1. The second kappa shape index (κ2) is 7.27. The Balaban J connectivity index is 1.70. The Bertz CT molecular complexity index is 836. The zero-order chi connectivity index (χ0) is 16.9. The molecule has 122 valence electrons. The van der Waals surface area contributed by atoms with Crippen LogP contribution in [0.2, 0.25) is 0 Å². The third-order valence-corrected chi connectivity index (χ3v) is 4.94. The van der Waals surface area contributed by atoms with Crippen LogP contribution in [-0.4, -0.2) is 10.9 Å². The summed E-state index contributed by atoms with van der Waals surface area (Å²) in [6.07, 6.45) is 4.70. The molecule has 1 N–H and O–H groups in total. The molecular weight excluding hydrogens is 320 g/mol. The molecule has 0 fully saturated rings. The number of carbonyl (C=O) groups is 1. The quantitative estimate of drug-likeness (QED) is 0.692. The number of benzene rings is 1. The van der Waals surface area contributed by atoms with Crippen molar-refractivity contribution in [1.82, 2.24) is 10.3 Å². The number of aryl methyl sites for hydroxylation is 1. The van der Waals surface area contributed by atoms with Crippen LogP contribution in [0.15, 0.2) is 59.2 Å². The van der Waals surface area contributed by atoms with Crippen LogP contribution >= 0.6 is 11.3 Å². The molecule has 0 unspecified atom stereocenters. The Hall–Kier alpha value is -2.66. The van der Waals surface area contributed by atoms with E-state index in [-0.39, 0.29) is 11.9 Å². The number of nitrogens with zero attached hydrogens (tertiary/aromatic N) is 1. The molecule has 0 aliphatic rings. The van der Waals surface area contributed by atoms with Gasteiger partial charge in [0.25, 0.3) is 0 Å². The van der Waals surface area contributed by atoms with Gasteiger partial charge >= 0.3 is 0 Å². The molecule has 0 saturated carbocycles. The minimum absolute atomic E-state index is 0.103. The van der Waals surface area contributed by atoms with Crippen LogP contribution in [0.4, 0.5) is 0 Å². The SMILES string of the molecule is Cc1nc(-c2ccccc2)sc1[C@@H](C)NC(=O)/C=C/c1ccco1. The molecule has 0 aliphatic carbocycles. The first-order chi connectivity index (χ1) is 11.6. The van der Waals surface area contributed by atoms with Gasteiger partial charge in [-0.25, -0.2) is 4.98 Å². The number of rotatable bonds is 5. The fourth-order valence-electron chi connectivity index (χ4n) is 2.39. The number of hydrogen-bond donors (Lipinski definition) is 1. The summed E-state index contributed by atoms with van der Waals surface area (Å²) in [5.74, 6) is 0.492. The maximum atomic E-state index is 12.1. The molecule has 2 aromatic heterocycles. The van der Waals surface area contributed by atoms with Crippen molar-refractivity contribution in [2.45, 2.75) is 19.9 Å². The zero-order valence-corrected chi connectivity index (χ0v) is 14.3. The molecular formula is C19H18N2O2S. The average Bonchev–Trinajstić information content (AvgIpc) is 3.23. The van der Waals surface area contributed by atoms with Gasteiger partial charge in [0.2, 0.25) is 5.91 Å².